The molecule has 0 spiro atoms. The van der Waals surface area contributed by atoms with Gasteiger partial charge < -0.3 is 4.74 Å². The lowest BCUT2D eigenvalue weighted by molar-refractivity contribution is 0.242. The Morgan fingerprint density at radius 3 is 1.76 bits per heavy atom. The second-order valence-electron chi connectivity index (χ2n) is 4.24. The second kappa shape index (κ2) is 5.28. The molecule has 0 heterocycles. The molecule has 2 rings (SSSR count). The van der Waals surface area contributed by atoms with E-state index in [1.54, 1.807) is 0 Å². The van der Waals surface area contributed by atoms with Crippen LogP contribution in [0.4, 0.5) is 0 Å². The van der Waals surface area contributed by atoms with Crippen molar-refractivity contribution in [3.63, 3.8) is 0 Å². The van der Waals surface area contributed by atoms with Crippen molar-refractivity contribution in [3.8, 4) is 16.9 Å². The molecule has 0 bridgehead atoms. The van der Waals surface area contributed by atoms with E-state index in [1.807, 2.05) is 38.1 Å². The molecule has 0 aromatic heterocycles. The molecule has 0 amide bonds. The maximum atomic E-state index is 5.61. The monoisotopic (exact) mass is 244 g/mol. The van der Waals surface area contributed by atoms with Crippen LogP contribution >= 0.6 is 12.6 Å². The zero-order valence-electron chi connectivity index (χ0n) is 10.1. The highest BCUT2D eigenvalue weighted by Gasteiger charge is 2.00. The van der Waals surface area contributed by atoms with E-state index in [4.69, 9.17) is 4.74 Å². The third-order valence-electron chi connectivity index (χ3n) is 2.43. The molecule has 2 aromatic rings. The van der Waals surface area contributed by atoms with Gasteiger partial charge in [0.25, 0.3) is 0 Å². The predicted molar refractivity (Wildman–Crippen MR) is 74.9 cm³/mol. The Morgan fingerprint density at radius 2 is 1.29 bits per heavy atom. The first-order valence-electron chi connectivity index (χ1n) is 5.71. The largest absolute Gasteiger partial charge is 0.491 e. The van der Waals surface area contributed by atoms with Gasteiger partial charge in [-0.3, -0.25) is 0 Å². The van der Waals surface area contributed by atoms with E-state index in [0.29, 0.717) is 0 Å². The van der Waals surface area contributed by atoms with Crippen LogP contribution in [0.25, 0.3) is 11.1 Å². The number of thiol groups is 1. The van der Waals surface area contributed by atoms with E-state index in [-0.39, 0.29) is 6.10 Å². The molecule has 2 heteroatoms. The summed E-state index contributed by atoms with van der Waals surface area (Å²) in [7, 11) is 0. The SMILES string of the molecule is CC(C)Oc1ccc(-c2ccc(S)cc2)cc1. The van der Waals surface area contributed by atoms with Crippen LogP contribution in [0, 0.1) is 0 Å². The van der Waals surface area contributed by atoms with Crippen molar-refractivity contribution in [2.45, 2.75) is 24.8 Å². The average Bonchev–Trinajstić information content (AvgIpc) is 2.30. The van der Waals surface area contributed by atoms with Gasteiger partial charge in [-0.1, -0.05) is 24.3 Å². The minimum Gasteiger partial charge on any atom is -0.491 e. The Morgan fingerprint density at radius 1 is 0.824 bits per heavy atom. The van der Waals surface area contributed by atoms with Gasteiger partial charge in [0, 0.05) is 4.90 Å². The fourth-order valence-electron chi connectivity index (χ4n) is 1.65. The Hall–Kier alpha value is -1.41. The summed E-state index contributed by atoms with van der Waals surface area (Å²) in [5.41, 5.74) is 2.38. The Bertz CT molecular complexity index is 471. The molecule has 0 aliphatic heterocycles. The van der Waals surface area contributed by atoms with Gasteiger partial charge in [0.1, 0.15) is 5.75 Å². The molecule has 0 radical (unpaired) electrons. The standard InChI is InChI=1S/C15H16OS/c1-11(2)16-14-7-3-12(4-8-14)13-5-9-15(17)10-6-13/h3-11,17H,1-2H3. The van der Waals surface area contributed by atoms with E-state index in [9.17, 15) is 0 Å². The first-order chi connectivity index (χ1) is 8.15. The highest BCUT2D eigenvalue weighted by atomic mass is 32.1. The molecular weight excluding hydrogens is 228 g/mol. The van der Waals surface area contributed by atoms with Crippen LogP contribution in [0.5, 0.6) is 5.75 Å². The molecule has 88 valence electrons. The van der Waals surface area contributed by atoms with Crippen LogP contribution < -0.4 is 4.74 Å². The molecule has 17 heavy (non-hydrogen) atoms. The molecule has 0 N–H and O–H groups in total. The lowest BCUT2D eigenvalue weighted by atomic mass is 10.1. The summed E-state index contributed by atoms with van der Waals surface area (Å²) >= 11 is 4.28. The second-order valence-corrected chi connectivity index (χ2v) is 4.75. The van der Waals surface area contributed by atoms with E-state index in [1.165, 1.54) is 11.1 Å². The summed E-state index contributed by atoms with van der Waals surface area (Å²) in [6.07, 6.45) is 0.212. The molecule has 0 fully saturated rings. The molecule has 0 aliphatic carbocycles. The van der Waals surface area contributed by atoms with Gasteiger partial charge in [0.2, 0.25) is 0 Å². The van der Waals surface area contributed by atoms with Crippen molar-refractivity contribution in [3.05, 3.63) is 48.5 Å². The van der Waals surface area contributed by atoms with Gasteiger partial charge in [-0.25, -0.2) is 0 Å². The topological polar surface area (TPSA) is 9.23 Å². The normalized spacial score (nSPS) is 10.6. The molecule has 0 saturated carbocycles. The molecule has 0 saturated heterocycles. The Labute approximate surface area is 108 Å². The van der Waals surface area contributed by atoms with E-state index >= 15 is 0 Å². The summed E-state index contributed by atoms with van der Waals surface area (Å²) in [5, 5.41) is 0. The number of hydrogen-bond donors (Lipinski definition) is 1. The van der Waals surface area contributed by atoms with Gasteiger partial charge in [0.15, 0.2) is 0 Å². The number of hydrogen-bond acceptors (Lipinski definition) is 2. The number of benzene rings is 2. The minimum atomic E-state index is 0.212. The van der Waals surface area contributed by atoms with Crippen molar-refractivity contribution in [2.75, 3.05) is 0 Å². The highest BCUT2D eigenvalue weighted by molar-refractivity contribution is 7.80. The molecule has 0 unspecified atom stereocenters. The van der Waals surface area contributed by atoms with Gasteiger partial charge in [0.05, 0.1) is 6.10 Å². The van der Waals surface area contributed by atoms with Crippen molar-refractivity contribution in [2.24, 2.45) is 0 Å². The summed E-state index contributed by atoms with van der Waals surface area (Å²) in [6.45, 7) is 4.05. The van der Waals surface area contributed by atoms with Crippen molar-refractivity contribution in [1.82, 2.24) is 0 Å². The fraction of sp³-hybridized carbons (Fsp3) is 0.200. The number of ether oxygens (including phenoxy) is 1. The van der Waals surface area contributed by atoms with E-state index in [0.717, 1.165) is 10.6 Å². The lowest BCUT2D eigenvalue weighted by Gasteiger charge is -2.10. The molecule has 2 aromatic carbocycles. The Balaban J connectivity index is 2.20. The first-order valence-corrected chi connectivity index (χ1v) is 6.16. The molecule has 0 aliphatic rings. The third kappa shape index (κ3) is 3.27. The maximum absolute atomic E-state index is 5.61. The average molecular weight is 244 g/mol. The van der Waals surface area contributed by atoms with Crippen LogP contribution in [0.1, 0.15) is 13.8 Å². The van der Waals surface area contributed by atoms with Crippen LogP contribution in [0.3, 0.4) is 0 Å². The zero-order valence-corrected chi connectivity index (χ0v) is 10.9. The maximum Gasteiger partial charge on any atom is 0.119 e. The van der Waals surface area contributed by atoms with Gasteiger partial charge in [-0.2, -0.15) is 0 Å². The van der Waals surface area contributed by atoms with Crippen molar-refractivity contribution >= 4 is 12.6 Å². The minimum absolute atomic E-state index is 0.212. The van der Waals surface area contributed by atoms with Crippen LogP contribution in [0.2, 0.25) is 0 Å². The van der Waals surface area contributed by atoms with Crippen molar-refractivity contribution < 1.29 is 4.74 Å². The fourth-order valence-corrected chi connectivity index (χ4v) is 1.80. The summed E-state index contributed by atoms with van der Waals surface area (Å²) in [4.78, 5) is 0.980. The quantitative estimate of drug-likeness (QED) is 0.786. The van der Waals surface area contributed by atoms with Crippen molar-refractivity contribution in [1.29, 1.82) is 0 Å². The highest BCUT2D eigenvalue weighted by Crippen LogP contribution is 2.23. The van der Waals surface area contributed by atoms with Gasteiger partial charge in [-0.05, 0) is 49.2 Å². The summed E-state index contributed by atoms with van der Waals surface area (Å²) in [5.74, 6) is 0.912. The van der Waals surface area contributed by atoms with E-state index < -0.39 is 0 Å². The molecule has 1 nitrogen and oxygen atoms in total. The van der Waals surface area contributed by atoms with Crippen LogP contribution in [-0.4, -0.2) is 6.10 Å². The van der Waals surface area contributed by atoms with E-state index in [2.05, 4.69) is 36.9 Å². The van der Waals surface area contributed by atoms with Gasteiger partial charge >= 0.3 is 0 Å². The molecule has 0 atom stereocenters. The third-order valence-corrected chi connectivity index (χ3v) is 2.72. The summed E-state index contributed by atoms with van der Waals surface area (Å²) < 4.78 is 5.61. The van der Waals surface area contributed by atoms with Gasteiger partial charge in [-0.15, -0.1) is 12.6 Å². The predicted octanol–water partition coefficient (Wildman–Crippen LogP) is 4.43. The molecular formula is C15H16OS. The summed E-state index contributed by atoms with van der Waals surface area (Å²) in [6, 6.07) is 16.3. The number of rotatable bonds is 3. The first kappa shape index (κ1) is 12.1. The lowest BCUT2D eigenvalue weighted by Crippen LogP contribution is -2.05. The Kier molecular flexibility index (Phi) is 3.75. The smallest absolute Gasteiger partial charge is 0.119 e. The van der Waals surface area contributed by atoms with Crippen LogP contribution in [-0.2, 0) is 0 Å². The zero-order chi connectivity index (χ0) is 12.3. The van der Waals surface area contributed by atoms with Crippen LogP contribution in [0.15, 0.2) is 53.4 Å².